The number of likely N-dealkylation sites (tertiary alicyclic amines) is 1. The average molecular weight is 440 g/mol. The van der Waals surface area contributed by atoms with E-state index in [1.54, 1.807) is 6.26 Å². The van der Waals surface area contributed by atoms with Gasteiger partial charge in [0.1, 0.15) is 6.26 Å². The minimum atomic E-state index is 0.571. The van der Waals surface area contributed by atoms with Crippen molar-refractivity contribution in [3.63, 3.8) is 0 Å². The maximum absolute atomic E-state index is 5.74. The van der Waals surface area contributed by atoms with Gasteiger partial charge in [-0.05, 0) is 42.8 Å². The summed E-state index contributed by atoms with van der Waals surface area (Å²) in [4.78, 5) is 9.80. The lowest BCUT2D eigenvalue weighted by atomic mass is 10.2. The van der Waals surface area contributed by atoms with Gasteiger partial charge in [-0.15, -0.1) is 0 Å². The molecular formula is C23H26BrN3O. The van der Waals surface area contributed by atoms with Gasteiger partial charge in [-0.1, -0.05) is 53.2 Å². The third-order valence-electron chi connectivity index (χ3n) is 5.43. The summed E-state index contributed by atoms with van der Waals surface area (Å²) in [5.41, 5.74) is 3.40. The molecule has 2 aromatic carbocycles. The number of rotatable bonds is 7. The molecule has 0 aliphatic carbocycles. The number of hydrogen-bond donors (Lipinski definition) is 0. The quantitative estimate of drug-likeness (QED) is 0.506. The first-order chi connectivity index (χ1) is 13.7. The zero-order valence-electron chi connectivity index (χ0n) is 16.2. The van der Waals surface area contributed by atoms with Crippen LogP contribution >= 0.6 is 15.9 Å². The van der Waals surface area contributed by atoms with Crippen LogP contribution in [0.15, 0.2) is 69.8 Å². The molecule has 1 unspecified atom stereocenters. The SMILES string of the molecule is CCN(Cc1coc(-c2ccc(Br)cc2)n1)C1CCN(Cc2ccccc2)C1. The first-order valence-electron chi connectivity index (χ1n) is 9.92. The third-order valence-corrected chi connectivity index (χ3v) is 5.96. The Hall–Kier alpha value is -1.95. The molecule has 0 bridgehead atoms. The standard InChI is InChI=1S/C23H26BrN3O/c1-2-27(22-12-13-26(16-22)14-18-6-4-3-5-7-18)15-21-17-28-23(25-21)19-8-10-20(24)11-9-19/h3-11,17,22H,2,12-16H2,1H3. The lowest BCUT2D eigenvalue weighted by molar-refractivity contribution is 0.190. The van der Waals surface area contributed by atoms with Crippen LogP contribution < -0.4 is 0 Å². The number of nitrogens with zero attached hydrogens (tertiary/aromatic N) is 3. The minimum absolute atomic E-state index is 0.571. The Morgan fingerprint density at radius 3 is 2.68 bits per heavy atom. The smallest absolute Gasteiger partial charge is 0.226 e. The van der Waals surface area contributed by atoms with Gasteiger partial charge >= 0.3 is 0 Å². The van der Waals surface area contributed by atoms with E-state index in [0.29, 0.717) is 11.9 Å². The van der Waals surface area contributed by atoms with Crippen LogP contribution in [0.5, 0.6) is 0 Å². The van der Waals surface area contributed by atoms with E-state index in [1.807, 2.05) is 24.3 Å². The van der Waals surface area contributed by atoms with E-state index in [1.165, 1.54) is 12.0 Å². The molecule has 0 spiro atoms. The summed E-state index contributed by atoms with van der Waals surface area (Å²) in [6.45, 7) is 7.38. The number of likely N-dealkylation sites (N-methyl/N-ethyl adjacent to an activating group) is 1. The second kappa shape index (κ2) is 9.03. The van der Waals surface area contributed by atoms with Crippen molar-refractivity contribution < 1.29 is 4.42 Å². The van der Waals surface area contributed by atoms with E-state index in [2.05, 4.69) is 63.0 Å². The van der Waals surface area contributed by atoms with Crippen LogP contribution in [0.3, 0.4) is 0 Å². The maximum Gasteiger partial charge on any atom is 0.226 e. The van der Waals surface area contributed by atoms with Gasteiger partial charge < -0.3 is 4.42 Å². The molecule has 0 radical (unpaired) electrons. The summed E-state index contributed by atoms with van der Waals surface area (Å²) in [5, 5.41) is 0. The van der Waals surface area contributed by atoms with Crippen LogP contribution in [0.4, 0.5) is 0 Å². The van der Waals surface area contributed by atoms with Crippen LogP contribution in [0.25, 0.3) is 11.5 Å². The molecule has 0 saturated carbocycles. The topological polar surface area (TPSA) is 32.5 Å². The van der Waals surface area contributed by atoms with Crippen LogP contribution in [-0.2, 0) is 13.1 Å². The molecule has 3 aromatic rings. The van der Waals surface area contributed by atoms with Crippen LogP contribution in [0.1, 0.15) is 24.6 Å². The Kier molecular flexibility index (Phi) is 6.25. The summed E-state index contributed by atoms with van der Waals surface area (Å²) < 4.78 is 6.79. The highest BCUT2D eigenvalue weighted by Gasteiger charge is 2.27. The molecule has 1 fully saturated rings. The number of halogens is 1. The van der Waals surface area contributed by atoms with Crippen molar-refractivity contribution in [2.75, 3.05) is 19.6 Å². The van der Waals surface area contributed by atoms with E-state index < -0.39 is 0 Å². The van der Waals surface area contributed by atoms with Crippen molar-refractivity contribution in [2.45, 2.75) is 32.5 Å². The van der Waals surface area contributed by atoms with Gasteiger partial charge in [-0.3, -0.25) is 9.80 Å². The normalized spacial score (nSPS) is 17.5. The molecule has 2 heterocycles. The lowest BCUT2D eigenvalue weighted by Gasteiger charge is -2.27. The van der Waals surface area contributed by atoms with E-state index in [9.17, 15) is 0 Å². The first kappa shape index (κ1) is 19.4. The van der Waals surface area contributed by atoms with Crippen molar-refractivity contribution in [3.8, 4) is 11.5 Å². The first-order valence-corrected chi connectivity index (χ1v) is 10.7. The molecule has 5 heteroatoms. The maximum atomic E-state index is 5.74. The molecule has 1 aromatic heterocycles. The van der Waals surface area contributed by atoms with Crippen molar-refractivity contribution in [1.82, 2.24) is 14.8 Å². The van der Waals surface area contributed by atoms with Crippen molar-refractivity contribution in [2.24, 2.45) is 0 Å². The number of aromatic nitrogens is 1. The number of hydrogen-bond acceptors (Lipinski definition) is 4. The summed E-state index contributed by atoms with van der Waals surface area (Å²) in [5.74, 6) is 0.690. The van der Waals surface area contributed by atoms with E-state index in [4.69, 9.17) is 9.40 Å². The lowest BCUT2D eigenvalue weighted by Crippen LogP contribution is -2.37. The van der Waals surface area contributed by atoms with Crippen LogP contribution in [0, 0.1) is 0 Å². The number of oxazole rings is 1. The van der Waals surface area contributed by atoms with Gasteiger partial charge in [-0.2, -0.15) is 0 Å². The minimum Gasteiger partial charge on any atom is -0.444 e. The molecule has 1 aliphatic heterocycles. The van der Waals surface area contributed by atoms with E-state index in [0.717, 1.165) is 48.5 Å². The molecule has 28 heavy (non-hydrogen) atoms. The fourth-order valence-electron chi connectivity index (χ4n) is 3.91. The van der Waals surface area contributed by atoms with Gasteiger partial charge in [0.15, 0.2) is 0 Å². The van der Waals surface area contributed by atoms with Crippen molar-refractivity contribution in [3.05, 3.63) is 76.6 Å². The predicted octanol–water partition coefficient (Wildman–Crippen LogP) is 5.20. The van der Waals surface area contributed by atoms with E-state index in [-0.39, 0.29) is 0 Å². The summed E-state index contributed by atoms with van der Waals surface area (Å²) in [6, 6.07) is 19.4. The fourth-order valence-corrected chi connectivity index (χ4v) is 4.17. The Bertz CT molecular complexity index is 878. The summed E-state index contributed by atoms with van der Waals surface area (Å²) in [7, 11) is 0. The average Bonchev–Trinajstić information content (AvgIpc) is 3.37. The molecular weight excluding hydrogens is 414 g/mol. The molecule has 146 valence electrons. The fraction of sp³-hybridized carbons (Fsp3) is 0.348. The van der Waals surface area contributed by atoms with Gasteiger partial charge in [0, 0.05) is 42.3 Å². The Morgan fingerprint density at radius 2 is 1.93 bits per heavy atom. The van der Waals surface area contributed by atoms with Crippen LogP contribution in [-0.4, -0.2) is 40.5 Å². The predicted molar refractivity (Wildman–Crippen MR) is 116 cm³/mol. The summed E-state index contributed by atoms with van der Waals surface area (Å²) in [6.07, 6.45) is 3.01. The number of benzene rings is 2. The molecule has 0 N–H and O–H groups in total. The van der Waals surface area contributed by atoms with Gasteiger partial charge in [0.25, 0.3) is 0 Å². The highest BCUT2D eigenvalue weighted by atomic mass is 79.9. The van der Waals surface area contributed by atoms with Gasteiger partial charge in [0.05, 0.1) is 5.69 Å². The van der Waals surface area contributed by atoms with E-state index >= 15 is 0 Å². The molecule has 1 aliphatic rings. The zero-order chi connectivity index (χ0) is 19.3. The molecule has 4 nitrogen and oxygen atoms in total. The molecule has 4 rings (SSSR count). The monoisotopic (exact) mass is 439 g/mol. The molecule has 1 saturated heterocycles. The van der Waals surface area contributed by atoms with Gasteiger partial charge in [-0.25, -0.2) is 4.98 Å². The van der Waals surface area contributed by atoms with Gasteiger partial charge in [0.2, 0.25) is 5.89 Å². The van der Waals surface area contributed by atoms with Crippen molar-refractivity contribution in [1.29, 1.82) is 0 Å². The Balaban J connectivity index is 1.36. The third kappa shape index (κ3) is 4.72. The highest BCUT2D eigenvalue weighted by Crippen LogP contribution is 2.23. The molecule has 1 atom stereocenters. The second-order valence-corrected chi connectivity index (χ2v) is 8.29. The van der Waals surface area contributed by atoms with Crippen LogP contribution in [0.2, 0.25) is 0 Å². The largest absolute Gasteiger partial charge is 0.444 e. The zero-order valence-corrected chi connectivity index (χ0v) is 17.8. The Labute approximate surface area is 175 Å². The molecule has 0 amide bonds. The van der Waals surface area contributed by atoms with Crippen molar-refractivity contribution >= 4 is 15.9 Å². The Morgan fingerprint density at radius 1 is 1.14 bits per heavy atom. The highest BCUT2D eigenvalue weighted by molar-refractivity contribution is 9.10. The second-order valence-electron chi connectivity index (χ2n) is 7.38. The summed E-state index contributed by atoms with van der Waals surface area (Å²) >= 11 is 3.47.